The van der Waals surface area contributed by atoms with Crippen LogP contribution in [0.3, 0.4) is 0 Å². The van der Waals surface area contributed by atoms with Crippen LogP contribution in [-0.2, 0) is 11.2 Å². The fourth-order valence-electron chi connectivity index (χ4n) is 1.79. The first-order chi connectivity index (χ1) is 9.97. The molecule has 2 aromatic rings. The van der Waals surface area contributed by atoms with Crippen LogP contribution in [0.4, 0.5) is 0 Å². The second-order valence-corrected chi connectivity index (χ2v) is 5.54. The molecule has 0 saturated carbocycles. The molecule has 110 valence electrons. The van der Waals surface area contributed by atoms with Gasteiger partial charge in [-0.2, -0.15) is 0 Å². The van der Waals surface area contributed by atoms with E-state index in [4.69, 9.17) is 39.5 Å². The molecule has 0 heterocycles. The van der Waals surface area contributed by atoms with E-state index in [1.807, 2.05) is 0 Å². The van der Waals surface area contributed by atoms with Gasteiger partial charge in [-0.25, -0.2) is 4.79 Å². The minimum Gasteiger partial charge on any atom is -0.478 e. The Morgan fingerprint density at radius 1 is 1.14 bits per heavy atom. The van der Waals surface area contributed by atoms with E-state index in [2.05, 4.69) is 0 Å². The highest BCUT2D eigenvalue weighted by atomic mass is 35.5. The maximum Gasteiger partial charge on any atom is 0.345 e. The van der Waals surface area contributed by atoms with E-state index < -0.39 is 12.1 Å². The van der Waals surface area contributed by atoms with Crippen molar-refractivity contribution in [2.24, 2.45) is 0 Å². The first kappa shape index (κ1) is 16.0. The molecule has 6 heteroatoms. The lowest BCUT2D eigenvalue weighted by atomic mass is 10.1. The number of ether oxygens (including phenoxy) is 1. The lowest BCUT2D eigenvalue weighted by Crippen LogP contribution is -2.29. The first-order valence-corrected chi connectivity index (χ1v) is 7.18. The van der Waals surface area contributed by atoms with Crippen molar-refractivity contribution in [1.29, 1.82) is 0 Å². The largest absolute Gasteiger partial charge is 0.478 e. The number of carboxylic acid groups (broad SMARTS) is 1. The van der Waals surface area contributed by atoms with Crippen molar-refractivity contribution in [3.63, 3.8) is 0 Å². The Labute approximate surface area is 137 Å². The van der Waals surface area contributed by atoms with Crippen LogP contribution < -0.4 is 4.74 Å². The van der Waals surface area contributed by atoms with Crippen molar-refractivity contribution in [3.8, 4) is 5.75 Å². The first-order valence-electron chi connectivity index (χ1n) is 6.05. The van der Waals surface area contributed by atoms with Gasteiger partial charge in [-0.15, -0.1) is 0 Å². The van der Waals surface area contributed by atoms with E-state index in [9.17, 15) is 9.90 Å². The number of halogens is 3. The zero-order chi connectivity index (χ0) is 15.4. The Balaban J connectivity index is 2.20. The quantitative estimate of drug-likeness (QED) is 0.852. The summed E-state index contributed by atoms with van der Waals surface area (Å²) < 4.78 is 5.47. The van der Waals surface area contributed by atoms with E-state index in [1.54, 1.807) is 42.5 Å². The SMILES string of the molecule is O=C(O)C(Cc1cccc(Cl)c1Cl)Oc1cccc(Cl)c1. The van der Waals surface area contributed by atoms with Crippen LogP contribution in [0.25, 0.3) is 0 Å². The Kier molecular flexibility index (Phi) is 5.34. The van der Waals surface area contributed by atoms with Crippen molar-refractivity contribution in [3.05, 3.63) is 63.1 Å². The van der Waals surface area contributed by atoms with Gasteiger partial charge in [-0.3, -0.25) is 0 Å². The van der Waals surface area contributed by atoms with Gasteiger partial charge in [0.2, 0.25) is 0 Å². The maximum atomic E-state index is 11.4. The van der Waals surface area contributed by atoms with Gasteiger partial charge in [-0.05, 0) is 29.8 Å². The normalized spacial score (nSPS) is 12.0. The average molecular weight is 346 g/mol. The summed E-state index contributed by atoms with van der Waals surface area (Å²) in [6, 6.07) is 11.6. The summed E-state index contributed by atoms with van der Waals surface area (Å²) in [6.45, 7) is 0. The van der Waals surface area contributed by atoms with E-state index in [0.29, 0.717) is 26.4 Å². The molecule has 0 radical (unpaired) electrons. The van der Waals surface area contributed by atoms with Crippen molar-refractivity contribution in [2.45, 2.75) is 12.5 Å². The molecule has 3 nitrogen and oxygen atoms in total. The summed E-state index contributed by atoms with van der Waals surface area (Å²) >= 11 is 17.8. The van der Waals surface area contributed by atoms with Gasteiger partial charge in [0.05, 0.1) is 10.0 Å². The Morgan fingerprint density at radius 2 is 1.86 bits per heavy atom. The number of carboxylic acids is 1. The third-order valence-corrected chi connectivity index (χ3v) is 3.88. The smallest absolute Gasteiger partial charge is 0.345 e. The third-order valence-electron chi connectivity index (χ3n) is 2.79. The van der Waals surface area contributed by atoms with Crippen LogP contribution in [0.2, 0.25) is 15.1 Å². The van der Waals surface area contributed by atoms with Crippen molar-refractivity contribution >= 4 is 40.8 Å². The molecule has 0 spiro atoms. The number of rotatable bonds is 5. The second kappa shape index (κ2) is 7.03. The minimum absolute atomic E-state index is 0.0985. The Morgan fingerprint density at radius 3 is 2.52 bits per heavy atom. The molecule has 0 aliphatic heterocycles. The number of benzene rings is 2. The molecule has 0 bridgehead atoms. The maximum absolute atomic E-state index is 11.4. The molecular formula is C15H11Cl3O3. The Hall–Kier alpha value is -1.42. The predicted octanol–water partition coefficient (Wildman–Crippen LogP) is 4.72. The molecule has 0 aromatic heterocycles. The zero-order valence-corrected chi connectivity index (χ0v) is 13.0. The number of carbonyl (C=O) groups is 1. The fourth-order valence-corrected chi connectivity index (χ4v) is 2.37. The predicted molar refractivity (Wildman–Crippen MR) is 83.7 cm³/mol. The Bertz CT molecular complexity index is 658. The van der Waals surface area contributed by atoms with E-state index in [1.165, 1.54) is 0 Å². The summed E-state index contributed by atoms with van der Waals surface area (Å²) in [5.74, 6) is -0.709. The van der Waals surface area contributed by atoms with Gasteiger partial charge in [-0.1, -0.05) is 53.0 Å². The van der Waals surface area contributed by atoms with Crippen molar-refractivity contribution < 1.29 is 14.6 Å². The standard InChI is InChI=1S/C15H11Cl3O3/c16-10-4-2-5-11(8-10)21-13(15(19)20)7-9-3-1-6-12(17)14(9)18/h1-6,8,13H,7H2,(H,19,20). The molecule has 2 aromatic carbocycles. The summed E-state index contributed by atoms with van der Waals surface area (Å²) in [5, 5.41) is 10.5. The summed E-state index contributed by atoms with van der Waals surface area (Å²) in [4.78, 5) is 11.4. The molecule has 2 rings (SSSR count). The van der Waals surface area contributed by atoms with Crippen LogP contribution >= 0.6 is 34.8 Å². The van der Waals surface area contributed by atoms with Crippen LogP contribution in [0, 0.1) is 0 Å². The molecule has 1 N–H and O–H groups in total. The average Bonchev–Trinajstić information content (AvgIpc) is 2.43. The summed E-state index contributed by atoms with van der Waals surface area (Å²) in [7, 11) is 0. The molecule has 0 aliphatic rings. The lowest BCUT2D eigenvalue weighted by molar-refractivity contribution is -0.145. The molecule has 0 fully saturated rings. The lowest BCUT2D eigenvalue weighted by Gasteiger charge is -2.16. The number of aliphatic carboxylic acids is 1. The van der Waals surface area contributed by atoms with Crippen molar-refractivity contribution in [2.75, 3.05) is 0 Å². The van der Waals surface area contributed by atoms with Gasteiger partial charge in [0.25, 0.3) is 0 Å². The van der Waals surface area contributed by atoms with Crippen LogP contribution in [0.5, 0.6) is 5.75 Å². The van der Waals surface area contributed by atoms with E-state index in [-0.39, 0.29) is 6.42 Å². The van der Waals surface area contributed by atoms with Gasteiger partial charge in [0.15, 0.2) is 6.10 Å². The van der Waals surface area contributed by atoms with E-state index >= 15 is 0 Å². The molecule has 1 unspecified atom stereocenters. The van der Waals surface area contributed by atoms with Gasteiger partial charge in [0.1, 0.15) is 5.75 Å². The monoisotopic (exact) mass is 344 g/mol. The van der Waals surface area contributed by atoms with Crippen LogP contribution in [0.1, 0.15) is 5.56 Å². The van der Waals surface area contributed by atoms with Crippen LogP contribution in [0.15, 0.2) is 42.5 Å². The highest BCUT2D eigenvalue weighted by molar-refractivity contribution is 6.42. The molecule has 0 aliphatic carbocycles. The van der Waals surface area contributed by atoms with Crippen molar-refractivity contribution in [1.82, 2.24) is 0 Å². The zero-order valence-electron chi connectivity index (χ0n) is 10.7. The third kappa shape index (κ3) is 4.27. The topological polar surface area (TPSA) is 46.5 Å². The number of hydrogen-bond donors (Lipinski definition) is 1. The minimum atomic E-state index is -1.09. The van der Waals surface area contributed by atoms with Crippen LogP contribution in [-0.4, -0.2) is 17.2 Å². The highest BCUT2D eigenvalue weighted by Crippen LogP contribution is 2.27. The molecule has 21 heavy (non-hydrogen) atoms. The molecular weight excluding hydrogens is 335 g/mol. The second-order valence-electron chi connectivity index (χ2n) is 4.32. The highest BCUT2D eigenvalue weighted by Gasteiger charge is 2.22. The number of hydrogen-bond acceptors (Lipinski definition) is 2. The summed E-state index contributed by atoms with van der Waals surface area (Å²) in [5.41, 5.74) is 0.610. The van der Waals surface area contributed by atoms with Gasteiger partial charge < -0.3 is 9.84 Å². The molecule has 1 atom stereocenters. The van der Waals surface area contributed by atoms with E-state index in [0.717, 1.165) is 0 Å². The van der Waals surface area contributed by atoms with Gasteiger partial charge in [0, 0.05) is 11.4 Å². The molecule has 0 amide bonds. The fraction of sp³-hybridized carbons (Fsp3) is 0.133. The van der Waals surface area contributed by atoms with Gasteiger partial charge >= 0.3 is 5.97 Å². The molecule has 0 saturated heterocycles. The summed E-state index contributed by atoms with van der Waals surface area (Å²) in [6.07, 6.45) is -0.985.